The summed E-state index contributed by atoms with van der Waals surface area (Å²) in [6.07, 6.45) is 0.753. The van der Waals surface area contributed by atoms with Crippen molar-refractivity contribution in [3.63, 3.8) is 0 Å². The maximum Gasteiger partial charge on any atom is 0.224 e. The molecule has 2 rings (SSSR count). The number of halogens is 2. The van der Waals surface area contributed by atoms with Gasteiger partial charge < -0.3 is 11.1 Å². The number of carbonyl (C=O) groups is 1. The van der Waals surface area contributed by atoms with Crippen LogP contribution in [0.3, 0.4) is 0 Å². The molecule has 0 aliphatic rings. The molecule has 2 aromatic rings. The average Bonchev–Trinajstić information content (AvgIpc) is 2.92. The summed E-state index contributed by atoms with van der Waals surface area (Å²) in [6.45, 7) is 4.43. The molecule has 3 N–H and O–H groups in total. The van der Waals surface area contributed by atoms with Crippen LogP contribution in [0.15, 0.2) is 35.7 Å². The molecule has 1 aromatic heterocycles. The normalized spacial score (nSPS) is 12.5. The minimum atomic E-state index is -0.285. The van der Waals surface area contributed by atoms with E-state index in [1.165, 1.54) is 0 Å². The number of carbonyl (C=O) groups excluding carboxylic acids is 1. The fourth-order valence-corrected chi connectivity index (χ4v) is 2.77. The molecule has 0 saturated heterocycles. The molecular weight excluding hydrogens is 353 g/mol. The molecule has 128 valence electrons. The van der Waals surface area contributed by atoms with Crippen LogP contribution in [0, 0.1) is 12.8 Å². The summed E-state index contributed by atoms with van der Waals surface area (Å²) in [5.41, 5.74) is 8.16. The molecule has 0 fully saturated rings. The Morgan fingerprint density at radius 1 is 1.30 bits per heavy atom. The van der Waals surface area contributed by atoms with E-state index in [9.17, 15) is 4.79 Å². The van der Waals surface area contributed by atoms with E-state index >= 15 is 0 Å². The highest BCUT2D eigenvalue weighted by atomic mass is 35.5. The van der Waals surface area contributed by atoms with Crippen molar-refractivity contribution in [3.8, 4) is 0 Å². The van der Waals surface area contributed by atoms with Crippen LogP contribution in [0.25, 0.3) is 0 Å². The Morgan fingerprint density at radius 3 is 2.52 bits per heavy atom. The van der Waals surface area contributed by atoms with E-state index in [1.54, 1.807) is 11.3 Å². The van der Waals surface area contributed by atoms with E-state index < -0.39 is 0 Å². The van der Waals surface area contributed by atoms with Gasteiger partial charge in [0.25, 0.3) is 0 Å². The fraction of sp³-hybridized carbons (Fsp3) is 0.375. The number of nitrogens with two attached hydrogens (primary N) is 1. The summed E-state index contributed by atoms with van der Waals surface area (Å²) in [5, 5.41) is 6.02. The van der Waals surface area contributed by atoms with Gasteiger partial charge >= 0.3 is 0 Å². The van der Waals surface area contributed by atoms with E-state index in [0.29, 0.717) is 6.54 Å². The predicted molar refractivity (Wildman–Crippen MR) is 101 cm³/mol. The van der Waals surface area contributed by atoms with Crippen molar-refractivity contribution in [2.75, 3.05) is 6.54 Å². The quantitative estimate of drug-likeness (QED) is 0.813. The lowest BCUT2D eigenvalue weighted by Crippen LogP contribution is -2.36. The number of nitrogens with zero attached hydrogens (tertiary/aromatic N) is 1. The molecule has 0 aliphatic heterocycles. The number of aromatic nitrogens is 1. The second-order valence-corrected chi connectivity index (χ2v) is 6.19. The summed E-state index contributed by atoms with van der Waals surface area (Å²) in [5.74, 6) is -0.275. The number of rotatable bonds is 6. The van der Waals surface area contributed by atoms with Crippen LogP contribution < -0.4 is 11.1 Å². The topological polar surface area (TPSA) is 68.0 Å². The van der Waals surface area contributed by atoms with Crippen molar-refractivity contribution in [2.45, 2.75) is 26.3 Å². The highest BCUT2D eigenvalue weighted by Crippen LogP contribution is 2.19. The van der Waals surface area contributed by atoms with Crippen LogP contribution in [-0.4, -0.2) is 17.4 Å². The van der Waals surface area contributed by atoms with Crippen LogP contribution >= 0.6 is 36.2 Å². The van der Waals surface area contributed by atoms with Gasteiger partial charge in [0.15, 0.2) is 0 Å². The molecule has 0 radical (unpaired) electrons. The van der Waals surface area contributed by atoms with Crippen molar-refractivity contribution in [2.24, 2.45) is 11.7 Å². The SMILES string of the molecule is Cc1nc(CCNC(=O)C(C)C(N)c2ccccc2)cs1.Cl.Cl. The highest BCUT2D eigenvalue weighted by Gasteiger charge is 2.21. The maximum absolute atomic E-state index is 12.1. The zero-order chi connectivity index (χ0) is 15.2. The molecule has 7 heteroatoms. The lowest BCUT2D eigenvalue weighted by molar-refractivity contribution is -0.125. The van der Waals surface area contributed by atoms with Gasteiger partial charge in [0.2, 0.25) is 5.91 Å². The Hall–Kier alpha value is -1.14. The Morgan fingerprint density at radius 2 is 1.96 bits per heavy atom. The van der Waals surface area contributed by atoms with Crippen molar-refractivity contribution >= 4 is 42.1 Å². The smallest absolute Gasteiger partial charge is 0.224 e. The van der Waals surface area contributed by atoms with E-state index in [2.05, 4.69) is 10.3 Å². The molecule has 4 nitrogen and oxygen atoms in total. The van der Waals surface area contributed by atoms with E-state index in [1.807, 2.05) is 49.6 Å². The third kappa shape index (κ3) is 6.47. The zero-order valence-electron chi connectivity index (χ0n) is 13.2. The van der Waals surface area contributed by atoms with Crippen molar-refractivity contribution in [1.82, 2.24) is 10.3 Å². The predicted octanol–water partition coefficient (Wildman–Crippen LogP) is 3.29. The van der Waals surface area contributed by atoms with Crippen LogP contribution in [0.2, 0.25) is 0 Å². The van der Waals surface area contributed by atoms with Gasteiger partial charge in [0.1, 0.15) is 0 Å². The van der Waals surface area contributed by atoms with Crippen molar-refractivity contribution in [1.29, 1.82) is 0 Å². The minimum absolute atomic E-state index is 0. The van der Waals surface area contributed by atoms with E-state index in [4.69, 9.17) is 5.73 Å². The summed E-state index contributed by atoms with van der Waals surface area (Å²) in [4.78, 5) is 16.5. The van der Waals surface area contributed by atoms with Gasteiger partial charge in [-0.15, -0.1) is 36.2 Å². The molecular formula is C16H23Cl2N3OS. The van der Waals surface area contributed by atoms with Gasteiger partial charge in [-0.1, -0.05) is 37.3 Å². The summed E-state index contributed by atoms with van der Waals surface area (Å²) in [7, 11) is 0. The first-order valence-electron chi connectivity index (χ1n) is 7.07. The average molecular weight is 376 g/mol. The van der Waals surface area contributed by atoms with Crippen LogP contribution in [0.4, 0.5) is 0 Å². The first-order valence-corrected chi connectivity index (χ1v) is 7.95. The summed E-state index contributed by atoms with van der Waals surface area (Å²) in [6, 6.07) is 9.43. The van der Waals surface area contributed by atoms with Crippen LogP contribution in [0.1, 0.15) is 29.2 Å². The number of hydrogen-bond acceptors (Lipinski definition) is 4. The highest BCUT2D eigenvalue weighted by molar-refractivity contribution is 7.09. The van der Waals surface area contributed by atoms with E-state index in [0.717, 1.165) is 22.7 Å². The number of aryl methyl sites for hydroxylation is 1. The number of benzene rings is 1. The number of hydrogen-bond donors (Lipinski definition) is 2. The summed E-state index contributed by atoms with van der Waals surface area (Å²) < 4.78 is 0. The lowest BCUT2D eigenvalue weighted by atomic mass is 9.94. The van der Waals surface area contributed by atoms with Gasteiger partial charge in [-0.3, -0.25) is 4.79 Å². The van der Waals surface area contributed by atoms with Crippen molar-refractivity contribution < 1.29 is 4.79 Å². The monoisotopic (exact) mass is 375 g/mol. The van der Waals surface area contributed by atoms with Gasteiger partial charge in [0.05, 0.1) is 16.6 Å². The first kappa shape index (κ1) is 21.9. The molecule has 23 heavy (non-hydrogen) atoms. The zero-order valence-corrected chi connectivity index (χ0v) is 15.6. The molecule has 1 heterocycles. The van der Waals surface area contributed by atoms with Gasteiger partial charge in [-0.25, -0.2) is 4.98 Å². The molecule has 2 unspecified atom stereocenters. The standard InChI is InChI=1S/C16H21N3OS.2ClH/c1-11(15(17)13-6-4-3-5-7-13)16(20)18-9-8-14-10-21-12(2)19-14;;/h3-7,10-11,15H,8-9,17H2,1-2H3,(H,18,20);2*1H. The molecule has 0 aliphatic carbocycles. The Kier molecular flexibility index (Phi) is 10.1. The Labute approximate surface area is 153 Å². The molecule has 0 bridgehead atoms. The van der Waals surface area contributed by atoms with Gasteiger partial charge in [0, 0.05) is 24.4 Å². The maximum atomic E-state index is 12.1. The van der Waals surface area contributed by atoms with E-state index in [-0.39, 0.29) is 42.7 Å². The summed E-state index contributed by atoms with van der Waals surface area (Å²) >= 11 is 1.63. The molecule has 0 saturated carbocycles. The minimum Gasteiger partial charge on any atom is -0.355 e. The molecule has 1 amide bonds. The molecule has 0 spiro atoms. The Bertz CT molecular complexity index is 592. The van der Waals surface area contributed by atoms with Crippen LogP contribution in [-0.2, 0) is 11.2 Å². The third-order valence-electron chi connectivity index (χ3n) is 3.48. The number of nitrogens with one attached hydrogen (secondary N) is 1. The van der Waals surface area contributed by atoms with Gasteiger partial charge in [-0.2, -0.15) is 0 Å². The van der Waals surface area contributed by atoms with Gasteiger partial charge in [-0.05, 0) is 12.5 Å². The second kappa shape index (κ2) is 10.6. The lowest BCUT2D eigenvalue weighted by Gasteiger charge is -2.19. The fourth-order valence-electron chi connectivity index (χ4n) is 2.12. The molecule has 1 aromatic carbocycles. The number of amides is 1. The van der Waals surface area contributed by atoms with Crippen LogP contribution in [0.5, 0.6) is 0 Å². The number of thiazole rings is 1. The largest absolute Gasteiger partial charge is 0.355 e. The third-order valence-corrected chi connectivity index (χ3v) is 4.31. The molecule has 2 atom stereocenters. The first-order chi connectivity index (χ1) is 10.1. The Balaban J connectivity index is 0.00000242. The second-order valence-electron chi connectivity index (χ2n) is 5.12. The van der Waals surface area contributed by atoms with Crippen molar-refractivity contribution in [3.05, 3.63) is 52.0 Å².